The summed E-state index contributed by atoms with van der Waals surface area (Å²) in [6.07, 6.45) is -2.55. The first-order valence-corrected chi connectivity index (χ1v) is 7.51. The number of aromatic hydroxyl groups is 1. The van der Waals surface area contributed by atoms with Gasteiger partial charge in [-0.25, -0.2) is 0 Å². The fraction of sp³-hybridized carbons (Fsp3) is 0.278. The third-order valence-corrected chi connectivity index (χ3v) is 4.09. The van der Waals surface area contributed by atoms with Crippen LogP contribution in [0.3, 0.4) is 0 Å². The lowest BCUT2D eigenvalue weighted by molar-refractivity contribution is -0.137. The van der Waals surface area contributed by atoms with Crippen LogP contribution < -0.4 is 18.9 Å². The second kappa shape index (κ2) is 6.52. The summed E-state index contributed by atoms with van der Waals surface area (Å²) in [5.74, 6) is 0.633. The molecule has 1 aliphatic heterocycles. The molecule has 1 heterocycles. The second-order valence-corrected chi connectivity index (χ2v) is 5.48. The molecule has 1 unspecified atom stereocenters. The van der Waals surface area contributed by atoms with E-state index in [2.05, 4.69) is 0 Å². The number of phenols is 1. The second-order valence-electron chi connectivity index (χ2n) is 5.48. The molecule has 25 heavy (non-hydrogen) atoms. The summed E-state index contributed by atoms with van der Waals surface area (Å²) in [7, 11) is 4.43. The molecule has 7 heteroatoms. The van der Waals surface area contributed by atoms with E-state index in [0.717, 1.165) is 0 Å². The number of aliphatic hydroxyl groups is 1. The average Bonchev–Trinajstić information content (AvgIpc) is 2.63. The van der Waals surface area contributed by atoms with Crippen molar-refractivity contribution in [2.24, 2.45) is 0 Å². The Morgan fingerprint density at radius 2 is 1.72 bits per heavy atom. The fourth-order valence-electron chi connectivity index (χ4n) is 2.80. The topological polar surface area (TPSA) is 94.5 Å². The molecule has 0 saturated heterocycles. The number of carbonyl (C=O) groups excluding carboxylic acids is 1. The predicted octanol–water partition coefficient (Wildman–Crippen LogP) is 2.15. The van der Waals surface area contributed by atoms with Crippen molar-refractivity contribution in [2.75, 3.05) is 21.3 Å². The maximum absolute atomic E-state index is 12.6. The Morgan fingerprint density at radius 3 is 2.36 bits per heavy atom. The van der Waals surface area contributed by atoms with Crippen LogP contribution in [0.4, 0.5) is 0 Å². The van der Waals surface area contributed by atoms with Gasteiger partial charge in [-0.2, -0.15) is 0 Å². The highest BCUT2D eigenvalue weighted by Gasteiger charge is 2.39. The number of Topliss-reactive ketones (excluding diaryl/α,β-unsaturated/α-hetero) is 1. The van der Waals surface area contributed by atoms with Crippen LogP contribution in [0, 0.1) is 0 Å². The number of methoxy groups -OCH3 is 3. The van der Waals surface area contributed by atoms with Crippen LogP contribution >= 0.6 is 0 Å². The van der Waals surface area contributed by atoms with E-state index >= 15 is 0 Å². The molecule has 2 aromatic carbocycles. The van der Waals surface area contributed by atoms with E-state index in [-0.39, 0.29) is 17.1 Å². The highest BCUT2D eigenvalue weighted by atomic mass is 16.5. The Balaban J connectivity index is 2.05. The van der Waals surface area contributed by atoms with Gasteiger partial charge in [0.25, 0.3) is 0 Å². The van der Waals surface area contributed by atoms with Crippen molar-refractivity contribution in [2.45, 2.75) is 12.2 Å². The molecule has 0 bridgehead atoms. The van der Waals surface area contributed by atoms with Crippen molar-refractivity contribution in [1.82, 2.24) is 0 Å². The van der Waals surface area contributed by atoms with Gasteiger partial charge in [-0.15, -0.1) is 0 Å². The zero-order chi connectivity index (χ0) is 18.1. The minimum absolute atomic E-state index is 0.0301. The van der Waals surface area contributed by atoms with Gasteiger partial charge in [0, 0.05) is 17.7 Å². The largest absolute Gasteiger partial charge is 0.507 e. The van der Waals surface area contributed by atoms with Crippen molar-refractivity contribution in [1.29, 1.82) is 0 Å². The van der Waals surface area contributed by atoms with E-state index < -0.39 is 18.0 Å². The third kappa shape index (κ3) is 2.83. The minimum Gasteiger partial charge on any atom is -0.507 e. The monoisotopic (exact) mass is 346 g/mol. The van der Waals surface area contributed by atoms with Gasteiger partial charge in [0.15, 0.2) is 17.6 Å². The van der Waals surface area contributed by atoms with Crippen LogP contribution in [0.15, 0.2) is 30.3 Å². The molecule has 0 aliphatic carbocycles. The van der Waals surface area contributed by atoms with Gasteiger partial charge in [0.1, 0.15) is 23.4 Å². The summed E-state index contributed by atoms with van der Waals surface area (Å²) in [6, 6.07) is 7.74. The highest BCUT2D eigenvalue weighted by molar-refractivity contribution is 5.92. The van der Waals surface area contributed by atoms with Crippen LogP contribution in [-0.4, -0.2) is 37.3 Å². The average molecular weight is 346 g/mol. The van der Waals surface area contributed by atoms with Gasteiger partial charge in [-0.1, -0.05) is 6.07 Å². The molecule has 0 radical (unpaired) electrons. The van der Waals surface area contributed by atoms with Gasteiger partial charge in [0.2, 0.25) is 5.78 Å². The van der Waals surface area contributed by atoms with E-state index in [9.17, 15) is 15.0 Å². The number of ether oxygens (including phenoxy) is 4. The van der Waals surface area contributed by atoms with Crippen LogP contribution in [0.25, 0.3) is 0 Å². The molecule has 0 fully saturated rings. The molecule has 3 rings (SSSR count). The molecular weight excluding hydrogens is 328 g/mol. The number of ketones is 1. The number of aliphatic hydroxyl groups excluding tert-OH is 1. The summed E-state index contributed by atoms with van der Waals surface area (Å²) in [5, 5.41) is 20.4. The van der Waals surface area contributed by atoms with Crippen LogP contribution in [0.5, 0.6) is 28.7 Å². The van der Waals surface area contributed by atoms with E-state index in [1.54, 1.807) is 18.2 Å². The standard InChI is InChI=1S/C18H18O7/c1-22-10-7-11(19)15-14(8-10)25-18(17(21)16(15)20)9-4-5-12(23-2)13(6-9)24-3/h4-8,16,18-20H,1-3H3/t16?,18-/m1/s1. The van der Waals surface area contributed by atoms with Gasteiger partial charge in [-0.05, 0) is 12.1 Å². The normalized spacial score (nSPS) is 19.0. The van der Waals surface area contributed by atoms with Crippen LogP contribution in [0.1, 0.15) is 23.3 Å². The van der Waals surface area contributed by atoms with Gasteiger partial charge < -0.3 is 29.2 Å². The zero-order valence-corrected chi connectivity index (χ0v) is 14.0. The molecule has 1 aliphatic rings. The Kier molecular flexibility index (Phi) is 4.41. The highest BCUT2D eigenvalue weighted by Crippen LogP contribution is 2.45. The molecule has 132 valence electrons. The van der Waals surface area contributed by atoms with E-state index in [1.807, 2.05) is 0 Å². The zero-order valence-electron chi connectivity index (χ0n) is 14.0. The van der Waals surface area contributed by atoms with Crippen LogP contribution in [-0.2, 0) is 4.79 Å². The number of rotatable bonds is 4. The Hall–Kier alpha value is -2.93. The Bertz CT molecular complexity index is 815. The summed E-state index contributed by atoms with van der Waals surface area (Å²) in [4.78, 5) is 12.6. The Labute approximate surface area is 144 Å². The lowest BCUT2D eigenvalue weighted by atomic mass is 9.92. The lowest BCUT2D eigenvalue weighted by Gasteiger charge is -2.29. The summed E-state index contributed by atoms with van der Waals surface area (Å²) >= 11 is 0. The maximum Gasteiger partial charge on any atom is 0.211 e. The molecule has 0 amide bonds. The predicted molar refractivity (Wildman–Crippen MR) is 87.5 cm³/mol. The van der Waals surface area contributed by atoms with Gasteiger partial charge >= 0.3 is 0 Å². The van der Waals surface area contributed by atoms with E-state index in [4.69, 9.17) is 18.9 Å². The first-order chi connectivity index (χ1) is 12.0. The third-order valence-electron chi connectivity index (χ3n) is 4.09. The first-order valence-electron chi connectivity index (χ1n) is 7.51. The van der Waals surface area contributed by atoms with E-state index in [0.29, 0.717) is 22.8 Å². The summed E-state index contributed by atoms with van der Waals surface area (Å²) < 4.78 is 21.3. The number of hydrogen-bond acceptors (Lipinski definition) is 7. The van der Waals surface area contributed by atoms with E-state index in [1.165, 1.54) is 33.5 Å². The molecule has 2 atom stereocenters. The SMILES string of the molecule is COc1cc(O)c2c(c1)O[C@H](c1ccc(OC)c(OC)c1)C(=O)C2O. The van der Waals surface area contributed by atoms with Gasteiger partial charge in [-0.3, -0.25) is 4.79 Å². The molecule has 2 aromatic rings. The quantitative estimate of drug-likeness (QED) is 0.876. The summed E-state index contributed by atoms with van der Waals surface area (Å²) in [6.45, 7) is 0. The smallest absolute Gasteiger partial charge is 0.211 e. The van der Waals surface area contributed by atoms with Crippen molar-refractivity contribution < 1.29 is 34.0 Å². The lowest BCUT2D eigenvalue weighted by Crippen LogP contribution is -2.30. The van der Waals surface area contributed by atoms with Crippen molar-refractivity contribution in [3.63, 3.8) is 0 Å². The molecule has 0 spiro atoms. The number of carbonyl (C=O) groups is 1. The molecule has 2 N–H and O–H groups in total. The summed E-state index contributed by atoms with van der Waals surface area (Å²) in [5.41, 5.74) is 0.525. The molecule has 0 saturated carbocycles. The van der Waals surface area contributed by atoms with Crippen molar-refractivity contribution in [3.8, 4) is 28.7 Å². The molecule has 0 aromatic heterocycles. The number of hydrogen-bond donors (Lipinski definition) is 2. The number of phenolic OH excluding ortho intramolecular Hbond substituents is 1. The van der Waals surface area contributed by atoms with Gasteiger partial charge in [0.05, 0.1) is 26.9 Å². The molecular formula is C18H18O7. The van der Waals surface area contributed by atoms with Crippen molar-refractivity contribution in [3.05, 3.63) is 41.5 Å². The van der Waals surface area contributed by atoms with Crippen LogP contribution in [0.2, 0.25) is 0 Å². The Morgan fingerprint density at radius 1 is 1.00 bits per heavy atom. The maximum atomic E-state index is 12.6. The first kappa shape index (κ1) is 16.9. The fourth-order valence-corrected chi connectivity index (χ4v) is 2.80. The minimum atomic E-state index is -1.51. The number of fused-ring (bicyclic) bond motifs is 1. The molecule has 7 nitrogen and oxygen atoms in total. The van der Waals surface area contributed by atoms with Crippen molar-refractivity contribution >= 4 is 5.78 Å². The number of benzene rings is 2.